The van der Waals surface area contributed by atoms with Crippen molar-refractivity contribution < 1.29 is 9.53 Å². The maximum Gasteiger partial charge on any atom is 0.309 e. The molecule has 3 heteroatoms. The second-order valence-electron chi connectivity index (χ2n) is 3.55. The first-order valence-electron chi connectivity index (χ1n) is 4.03. The van der Waals surface area contributed by atoms with Crippen LogP contribution >= 0.6 is 22.6 Å². The number of rotatable bonds is 0. The van der Waals surface area contributed by atoms with E-state index in [4.69, 9.17) is 4.74 Å². The Morgan fingerprint density at radius 1 is 1.55 bits per heavy atom. The molecule has 0 spiro atoms. The fourth-order valence-corrected chi connectivity index (χ4v) is 3.23. The van der Waals surface area contributed by atoms with E-state index in [1.807, 2.05) is 0 Å². The van der Waals surface area contributed by atoms with Gasteiger partial charge in [0.25, 0.3) is 0 Å². The summed E-state index contributed by atoms with van der Waals surface area (Å²) in [6.07, 6.45) is 2.33. The summed E-state index contributed by atoms with van der Waals surface area (Å²) in [5, 5.41) is 0. The van der Waals surface area contributed by atoms with Crippen LogP contribution in [-0.2, 0) is 9.53 Å². The van der Waals surface area contributed by atoms with Crippen LogP contribution in [-0.4, -0.2) is 16.0 Å². The van der Waals surface area contributed by atoms with Crippen LogP contribution in [0.25, 0.3) is 0 Å². The lowest BCUT2D eigenvalue weighted by Crippen LogP contribution is -2.28. The van der Waals surface area contributed by atoms with E-state index < -0.39 is 0 Å². The van der Waals surface area contributed by atoms with Crippen molar-refractivity contribution in [3.05, 3.63) is 0 Å². The van der Waals surface area contributed by atoms with Gasteiger partial charge in [-0.3, -0.25) is 4.79 Å². The summed E-state index contributed by atoms with van der Waals surface area (Å²) in [5.41, 5.74) is 0. The predicted octanol–water partition coefficient (Wildman–Crippen LogP) is 1.76. The molecule has 62 valence electrons. The van der Waals surface area contributed by atoms with Crippen molar-refractivity contribution in [1.29, 1.82) is 0 Å². The van der Waals surface area contributed by atoms with Gasteiger partial charge in [0.1, 0.15) is 6.10 Å². The Labute approximate surface area is 79.8 Å². The maximum absolute atomic E-state index is 11.2. The molecular weight excluding hydrogens is 255 g/mol. The highest BCUT2D eigenvalue weighted by molar-refractivity contribution is 14.1. The van der Waals surface area contributed by atoms with E-state index in [-0.39, 0.29) is 18.0 Å². The van der Waals surface area contributed by atoms with Crippen molar-refractivity contribution in [2.45, 2.75) is 29.8 Å². The van der Waals surface area contributed by atoms with Gasteiger partial charge in [0.05, 0.1) is 5.92 Å². The molecule has 0 aromatic rings. The lowest BCUT2D eigenvalue weighted by atomic mass is 9.81. The molecule has 0 N–H and O–H groups in total. The summed E-state index contributed by atoms with van der Waals surface area (Å²) < 4.78 is 5.77. The molecule has 4 atom stereocenters. The monoisotopic (exact) mass is 266 g/mol. The van der Waals surface area contributed by atoms with Crippen LogP contribution in [0.4, 0.5) is 0 Å². The molecular formula is C8H11IO2. The first-order valence-corrected chi connectivity index (χ1v) is 5.27. The standard InChI is InChI=1S/C8H11IO2/c1-4-2-6(9)7-3-5(4)8(10)11-7/h4-7H,2-3H2,1H3/t4-,5-,6+,7+/m1/s1. The Balaban J connectivity index is 2.20. The van der Waals surface area contributed by atoms with Gasteiger partial charge in [0, 0.05) is 3.92 Å². The van der Waals surface area contributed by atoms with E-state index in [2.05, 4.69) is 29.5 Å². The zero-order valence-electron chi connectivity index (χ0n) is 6.42. The molecule has 1 heterocycles. The second kappa shape index (κ2) is 2.61. The fraction of sp³-hybridized carbons (Fsp3) is 0.875. The number of hydrogen-bond donors (Lipinski definition) is 0. The highest BCUT2D eigenvalue weighted by Gasteiger charge is 2.45. The van der Waals surface area contributed by atoms with Crippen molar-refractivity contribution in [3.8, 4) is 0 Å². The first kappa shape index (κ1) is 7.83. The third-order valence-electron chi connectivity index (χ3n) is 2.74. The number of halogens is 1. The second-order valence-corrected chi connectivity index (χ2v) is 5.15. The smallest absolute Gasteiger partial charge is 0.309 e. The summed E-state index contributed by atoms with van der Waals surface area (Å²) in [7, 11) is 0. The molecule has 1 saturated carbocycles. The number of ether oxygens (including phenoxy) is 1. The minimum Gasteiger partial charge on any atom is -0.461 e. The minimum atomic E-state index is 0.0432. The van der Waals surface area contributed by atoms with Crippen LogP contribution in [0.15, 0.2) is 0 Å². The van der Waals surface area contributed by atoms with Crippen molar-refractivity contribution in [1.82, 2.24) is 0 Å². The van der Waals surface area contributed by atoms with Crippen molar-refractivity contribution in [3.63, 3.8) is 0 Å². The summed E-state index contributed by atoms with van der Waals surface area (Å²) in [6, 6.07) is 0. The lowest BCUT2D eigenvalue weighted by Gasteiger charge is -2.25. The van der Waals surface area contributed by atoms with Crippen LogP contribution in [0.1, 0.15) is 19.8 Å². The van der Waals surface area contributed by atoms with Crippen LogP contribution in [0.5, 0.6) is 0 Å². The number of esters is 1. The average Bonchev–Trinajstić information content (AvgIpc) is 2.26. The van der Waals surface area contributed by atoms with Crippen molar-refractivity contribution >= 4 is 28.6 Å². The quantitative estimate of drug-likeness (QED) is 0.379. The molecule has 0 amide bonds. The third kappa shape index (κ3) is 1.17. The van der Waals surface area contributed by atoms with Crippen LogP contribution in [0, 0.1) is 11.8 Å². The summed E-state index contributed by atoms with van der Waals surface area (Å²) in [6.45, 7) is 2.15. The van der Waals surface area contributed by atoms with E-state index in [1.165, 1.54) is 0 Å². The molecule has 1 aliphatic carbocycles. The highest BCUT2D eigenvalue weighted by Crippen LogP contribution is 2.41. The molecule has 0 unspecified atom stereocenters. The lowest BCUT2D eigenvalue weighted by molar-refractivity contribution is -0.143. The molecule has 11 heavy (non-hydrogen) atoms. The Kier molecular flexibility index (Phi) is 1.85. The SMILES string of the molecule is C[C@@H]1C[C@H](I)[C@@H]2C[C@H]1C(=O)O2. The first-order chi connectivity index (χ1) is 5.18. The van der Waals surface area contributed by atoms with Gasteiger partial charge in [-0.15, -0.1) is 0 Å². The molecule has 0 aromatic carbocycles. The Morgan fingerprint density at radius 2 is 2.27 bits per heavy atom. The zero-order valence-corrected chi connectivity index (χ0v) is 8.58. The highest BCUT2D eigenvalue weighted by atomic mass is 127. The van der Waals surface area contributed by atoms with E-state index in [1.54, 1.807) is 0 Å². The molecule has 1 saturated heterocycles. The fourth-order valence-electron chi connectivity index (χ4n) is 1.99. The molecule has 1 aliphatic heterocycles. The third-order valence-corrected chi connectivity index (χ3v) is 4.05. The molecule has 2 bridgehead atoms. The van der Waals surface area contributed by atoms with Crippen LogP contribution in [0.2, 0.25) is 0 Å². The Morgan fingerprint density at radius 3 is 3.00 bits per heavy atom. The van der Waals surface area contributed by atoms with Crippen molar-refractivity contribution in [2.24, 2.45) is 11.8 Å². The number of carbonyl (C=O) groups excluding carboxylic acids is 1. The van der Waals surface area contributed by atoms with Gasteiger partial charge in [-0.25, -0.2) is 0 Å². The van der Waals surface area contributed by atoms with Gasteiger partial charge < -0.3 is 4.74 Å². The average molecular weight is 266 g/mol. The van der Waals surface area contributed by atoms with E-state index >= 15 is 0 Å². The van der Waals surface area contributed by atoms with Gasteiger partial charge in [0.2, 0.25) is 0 Å². The molecule has 0 radical (unpaired) electrons. The topological polar surface area (TPSA) is 26.3 Å². The summed E-state index contributed by atoms with van der Waals surface area (Å²) >= 11 is 2.39. The molecule has 2 aliphatic rings. The Hall–Kier alpha value is 0.200. The molecule has 2 fully saturated rings. The van der Waals surface area contributed by atoms with Crippen molar-refractivity contribution in [2.75, 3.05) is 0 Å². The molecule has 2 rings (SSSR count). The number of carbonyl (C=O) groups is 1. The van der Waals surface area contributed by atoms with Gasteiger partial charge in [-0.1, -0.05) is 29.5 Å². The van der Waals surface area contributed by atoms with E-state index in [9.17, 15) is 4.79 Å². The normalized spacial score (nSPS) is 49.1. The number of alkyl halides is 1. The Bertz CT molecular complexity index is 193. The van der Waals surface area contributed by atoms with E-state index in [0.29, 0.717) is 9.84 Å². The largest absolute Gasteiger partial charge is 0.461 e. The van der Waals surface area contributed by atoms with Gasteiger partial charge in [-0.05, 0) is 18.8 Å². The zero-order chi connectivity index (χ0) is 8.01. The minimum absolute atomic E-state index is 0.0432. The number of fused-ring (bicyclic) bond motifs is 2. The summed E-state index contributed by atoms with van der Waals surface area (Å²) in [4.78, 5) is 11.2. The number of hydrogen-bond acceptors (Lipinski definition) is 2. The van der Waals surface area contributed by atoms with E-state index in [0.717, 1.165) is 12.8 Å². The predicted molar refractivity (Wildman–Crippen MR) is 49.6 cm³/mol. The molecule has 0 aromatic heterocycles. The van der Waals surface area contributed by atoms with Gasteiger partial charge in [-0.2, -0.15) is 0 Å². The van der Waals surface area contributed by atoms with Gasteiger partial charge >= 0.3 is 5.97 Å². The van der Waals surface area contributed by atoms with Gasteiger partial charge in [0.15, 0.2) is 0 Å². The maximum atomic E-state index is 11.2. The van der Waals surface area contributed by atoms with Crippen LogP contribution in [0.3, 0.4) is 0 Å². The molecule has 2 nitrogen and oxygen atoms in total. The van der Waals surface area contributed by atoms with Crippen LogP contribution < -0.4 is 0 Å². The summed E-state index contributed by atoms with van der Waals surface area (Å²) in [5.74, 6) is 0.788.